The number of rotatable bonds is 6. The number of benzene rings is 2. The zero-order valence-corrected chi connectivity index (χ0v) is 15.6. The molecule has 3 aromatic rings. The average molecular weight is 378 g/mol. The fourth-order valence-corrected chi connectivity index (χ4v) is 3.73. The number of ether oxygens (including phenoxy) is 1. The molecule has 6 nitrogen and oxygen atoms in total. The monoisotopic (exact) mass is 378 g/mol. The van der Waals surface area contributed by atoms with Gasteiger partial charge in [-0.05, 0) is 47.7 Å². The number of para-hydroxylation sites is 1. The van der Waals surface area contributed by atoms with Gasteiger partial charge in [0.2, 0.25) is 5.91 Å². The highest BCUT2D eigenvalue weighted by Crippen LogP contribution is 2.28. The number of amides is 1. The van der Waals surface area contributed by atoms with Gasteiger partial charge >= 0.3 is 5.97 Å². The first-order valence-electron chi connectivity index (χ1n) is 9.36. The average Bonchev–Trinajstić information content (AvgIpc) is 3.31. The quantitative estimate of drug-likeness (QED) is 0.614. The van der Waals surface area contributed by atoms with Crippen LogP contribution in [0, 0.1) is 6.92 Å². The Morgan fingerprint density at radius 2 is 2.14 bits per heavy atom. The van der Waals surface area contributed by atoms with Crippen LogP contribution in [0.1, 0.15) is 34.7 Å². The standard InChI is InChI=1S/C22H22N2O4/c1-13-3-2-4-17-16(12-23-20(13)17)6-8-19(25)24-21(22(26)27)15-5-7-18-14(11-15)9-10-28-18/h2-5,7,11-12,21,23H,6,8-10H2,1H3,(H,24,25)(H,26,27). The van der Waals surface area contributed by atoms with E-state index in [-0.39, 0.29) is 12.3 Å². The summed E-state index contributed by atoms with van der Waals surface area (Å²) in [7, 11) is 0. The number of carbonyl (C=O) groups excluding carboxylic acids is 1. The number of hydrogen-bond donors (Lipinski definition) is 3. The van der Waals surface area contributed by atoms with Gasteiger partial charge < -0.3 is 20.1 Å². The SMILES string of the molecule is Cc1cccc2c(CCC(=O)NC(C(=O)O)c3ccc4c(c3)CCO4)c[nH]c12. The van der Waals surface area contributed by atoms with Crippen LogP contribution < -0.4 is 10.1 Å². The molecule has 3 N–H and O–H groups in total. The van der Waals surface area contributed by atoms with Crippen LogP contribution in [-0.4, -0.2) is 28.6 Å². The summed E-state index contributed by atoms with van der Waals surface area (Å²) in [6.45, 7) is 2.64. The van der Waals surface area contributed by atoms with E-state index in [1.807, 2.05) is 37.4 Å². The van der Waals surface area contributed by atoms with Crippen molar-refractivity contribution in [3.63, 3.8) is 0 Å². The fraction of sp³-hybridized carbons (Fsp3) is 0.273. The lowest BCUT2D eigenvalue weighted by Gasteiger charge is -2.16. The Balaban J connectivity index is 1.45. The minimum Gasteiger partial charge on any atom is -0.493 e. The molecule has 0 saturated carbocycles. The molecule has 0 radical (unpaired) electrons. The molecule has 1 unspecified atom stereocenters. The van der Waals surface area contributed by atoms with Gasteiger partial charge in [0.1, 0.15) is 5.75 Å². The van der Waals surface area contributed by atoms with E-state index in [1.165, 1.54) is 0 Å². The van der Waals surface area contributed by atoms with Crippen LogP contribution in [0.2, 0.25) is 0 Å². The van der Waals surface area contributed by atoms with E-state index in [0.717, 1.165) is 39.8 Å². The van der Waals surface area contributed by atoms with Gasteiger partial charge in [0.15, 0.2) is 6.04 Å². The van der Waals surface area contributed by atoms with Crippen LogP contribution >= 0.6 is 0 Å². The van der Waals surface area contributed by atoms with Gasteiger partial charge in [0, 0.05) is 29.9 Å². The van der Waals surface area contributed by atoms with E-state index in [1.54, 1.807) is 12.1 Å². The van der Waals surface area contributed by atoms with Crippen molar-refractivity contribution in [2.24, 2.45) is 0 Å². The molecular weight excluding hydrogens is 356 g/mol. The first-order chi connectivity index (χ1) is 13.5. The Hall–Kier alpha value is -3.28. The lowest BCUT2D eigenvalue weighted by atomic mass is 10.0. The minimum absolute atomic E-state index is 0.221. The first kappa shape index (κ1) is 18.1. The van der Waals surface area contributed by atoms with E-state index >= 15 is 0 Å². The summed E-state index contributed by atoms with van der Waals surface area (Å²) < 4.78 is 5.46. The predicted octanol–water partition coefficient (Wildman–Crippen LogP) is 3.29. The number of nitrogens with one attached hydrogen (secondary N) is 2. The smallest absolute Gasteiger partial charge is 0.330 e. The van der Waals surface area contributed by atoms with Gasteiger partial charge in [-0.15, -0.1) is 0 Å². The van der Waals surface area contributed by atoms with Crippen molar-refractivity contribution in [1.29, 1.82) is 0 Å². The van der Waals surface area contributed by atoms with Crippen LogP contribution in [-0.2, 0) is 22.4 Å². The predicted molar refractivity (Wildman–Crippen MR) is 106 cm³/mol. The number of aromatic amines is 1. The Morgan fingerprint density at radius 1 is 1.29 bits per heavy atom. The lowest BCUT2D eigenvalue weighted by molar-refractivity contribution is -0.142. The van der Waals surface area contributed by atoms with Crippen molar-refractivity contribution in [1.82, 2.24) is 10.3 Å². The van der Waals surface area contributed by atoms with Crippen molar-refractivity contribution < 1.29 is 19.4 Å². The number of carbonyl (C=O) groups is 2. The Bertz CT molecular complexity index is 1050. The molecule has 28 heavy (non-hydrogen) atoms. The third-order valence-electron chi connectivity index (χ3n) is 5.23. The highest BCUT2D eigenvalue weighted by atomic mass is 16.5. The number of carboxylic acid groups (broad SMARTS) is 1. The number of hydrogen-bond acceptors (Lipinski definition) is 3. The molecule has 6 heteroatoms. The molecule has 0 aliphatic carbocycles. The molecule has 1 aromatic heterocycles. The highest BCUT2D eigenvalue weighted by Gasteiger charge is 2.24. The molecular formula is C22H22N2O4. The molecule has 144 valence electrons. The van der Waals surface area contributed by atoms with E-state index < -0.39 is 12.0 Å². The Labute approximate surface area is 162 Å². The summed E-state index contributed by atoms with van der Waals surface area (Å²) in [5.41, 5.74) is 4.82. The van der Waals surface area contributed by atoms with Gasteiger partial charge in [0.25, 0.3) is 0 Å². The fourth-order valence-electron chi connectivity index (χ4n) is 3.73. The molecule has 1 aliphatic heterocycles. The summed E-state index contributed by atoms with van der Waals surface area (Å²) in [6.07, 6.45) is 3.43. The number of H-pyrrole nitrogens is 1. The summed E-state index contributed by atoms with van der Waals surface area (Å²) >= 11 is 0. The van der Waals surface area contributed by atoms with Gasteiger partial charge in [-0.25, -0.2) is 4.79 Å². The summed E-state index contributed by atoms with van der Waals surface area (Å²) in [6, 6.07) is 10.3. The maximum absolute atomic E-state index is 12.5. The van der Waals surface area contributed by atoms with Crippen molar-refractivity contribution in [2.75, 3.05) is 6.61 Å². The molecule has 1 aliphatic rings. The zero-order valence-electron chi connectivity index (χ0n) is 15.6. The van der Waals surface area contributed by atoms with E-state index in [0.29, 0.717) is 18.6 Å². The molecule has 0 spiro atoms. The molecule has 4 rings (SSSR count). The number of aryl methyl sites for hydroxylation is 2. The van der Waals surface area contributed by atoms with Crippen molar-refractivity contribution >= 4 is 22.8 Å². The summed E-state index contributed by atoms with van der Waals surface area (Å²) in [5, 5.41) is 13.4. The topological polar surface area (TPSA) is 91.4 Å². The third kappa shape index (κ3) is 3.45. The lowest BCUT2D eigenvalue weighted by Crippen LogP contribution is -2.33. The number of aromatic nitrogens is 1. The molecule has 1 atom stereocenters. The number of fused-ring (bicyclic) bond motifs is 2. The van der Waals surface area contributed by atoms with Crippen molar-refractivity contribution in [3.05, 3.63) is 64.8 Å². The molecule has 2 aromatic carbocycles. The van der Waals surface area contributed by atoms with Gasteiger partial charge in [-0.1, -0.05) is 24.3 Å². The molecule has 0 saturated heterocycles. The van der Waals surface area contributed by atoms with Gasteiger partial charge in [-0.2, -0.15) is 0 Å². The second-order valence-corrected chi connectivity index (χ2v) is 7.12. The molecule has 2 heterocycles. The zero-order chi connectivity index (χ0) is 19.7. The maximum Gasteiger partial charge on any atom is 0.330 e. The Kier molecular flexibility index (Phi) is 4.77. The third-order valence-corrected chi connectivity index (χ3v) is 5.23. The highest BCUT2D eigenvalue weighted by molar-refractivity contribution is 5.87. The normalized spacial score (nSPS) is 13.8. The first-order valence-corrected chi connectivity index (χ1v) is 9.36. The largest absolute Gasteiger partial charge is 0.493 e. The van der Waals surface area contributed by atoms with Crippen LogP contribution in [0.5, 0.6) is 5.75 Å². The van der Waals surface area contributed by atoms with E-state index in [2.05, 4.69) is 10.3 Å². The van der Waals surface area contributed by atoms with Crippen LogP contribution in [0.25, 0.3) is 10.9 Å². The van der Waals surface area contributed by atoms with Crippen LogP contribution in [0.15, 0.2) is 42.6 Å². The molecule has 0 bridgehead atoms. The van der Waals surface area contributed by atoms with Gasteiger partial charge in [0.05, 0.1) is 6.61 Å². The van der Waals surface area contributed by atoms with Crippen molar-refractivity contribution in [2.45, 2.75) is 32.2 Å². The number of aliphatic carboxylic acids is 1. The maximum atomic E-state index is 12.5. The number of carboxylic acids is 1. The molecule has 0 fully saturated rings. The second kappa shape index (κ2) is 7.38. The second-order valence-electron chi connectivity index (χ2n) is 7.12. The van der Waals surface area contributed by atoms with Crippen LogP contribution in [0.3, 0.4) is 0 Å². The minimum atomic E-state index is -1.07. The summed E-state index contributed by atoms with van der Waals surface area (Å²) in [4.78, 5) is 27.4. The summed E-state index contributed by atoms with van der Waals surface area (Å²) in [5.74, 6) is -0.574. The Morgan fingerprint density at radius 3 is 2.96 bits per heavy atom. The van der Waals surface area contributed by atoms with Gasteiger partial charge in [-0.3, -0.25) is 4.79 Å². The van der Waals surface area contributed by atoms with Crippen molar-refractivity contribution in [3.8, 4) is 5.75 Å². The van der Waals surface area contributed by atoms with E-state index in [9.17, 15) is 14.7 Å². The van der Waals surface area contributed by atoms with E-state index in [4.69, 9.17) is 4.74 Å². The molecule has 1 amide bonds. The van der Waals surface area contributed by atoms with Crippen LogP contribution in [0.4, 0.5) is 0 Å².